The number of rotatable bonds is 9. The predicted octanol–water partition coefficient (Wildman–Crippen LogP) is 3.16. The second-order valence-corrected chi connectivity index (χ2v) is 5.53. The molecule has 0 bridgehead atoms. The molecular weight excluding hydrogens is 304 g/mol. The average Bonchev–Trinajstić information content (AvgIpc) is 2.42. The Hall–Kier alpha value is -0.580. The lowest BCUT2D eigenvalue weighted by Crippen LogP contribution is -2.29. The molecule has 0 aromatic heterocycles. The molecule has 0 radical (unpaired) electrons. The summed E-state index contributed by atoms with van der Waals surface area (Å²) < 4.78 is 1.09. The molecule has 0 atom stereocenters. The number of hydrogen-bond acceptors (Lipinski definition) is 3. The van der Waals surface area contributed by atoms with E-state index in [1.165, 1.54) is 17.7 Å². The second kappa shape index (κ2) is 9.34. The van der Waals surface area contributed by atoms with E-state index < -0.39 is 0 Å². The minimum absolute atomic E-state index is 0.191. The monoisotopic (exact) mass is 328 g/mol. The highest BCUT2D eigenvalue weighted by molar-refractivity contribution is 9.10. The molecule has 0 aliphatic carbocycles. The third kappa shape index (κ3) is 5.51. The molecule has 1 rings (SSSR count). The van der Waals surface area contributed by atoms with Gasteiger partial charge in [0.1, 0.15) is 0 Å². The van der Waals surface area contributed by atoms with E-state index in [4.69, 9.17) is 0 Å². The number of nitrogens with one attached hydrogen (secondary N) is 1. The van der Waals surface area contributed by atoms with E-state index in [2.05, 4.69) is 58.2 Å². The third-order valence-electron chi connectivity index (χ3n) is 3.10. The Morgan fingerprint density at radius 3 is 2.68 bits per heavy atom. The molecule has 0 saturated heterocycles. The first-order valence-electron chi connectivity index (χ1n) is 7.07. The van der Waals surface area contributed by atoms with Crippen molar-refractivity contribution in [1.29, 1.82) is 0 Å². The number of aliphatic hydroxyl groups is 1. The Bertz CT molecular complexity index is 371. The summed E-state index contributed by atoms with van der Waals surface area (Å²) in [6.45, 7) is 8.01. The van der Waals surface area contributed by atoms with Gasteiger partial charge in [0.25, 0.3) is 0 Å². The van der Waals surface area contributed by atoms with Crippen LogP contribution in [0.15, 0.2) is 22.7 Å². The number of halogens is 1. The second-order valence-electron chi connectivity index (χ2n) is 4.62. The van der Waals surface area contributed by atoms with Crippen LogP contribution < -0.4 is 10.2 Å². The molecule has 3 nitrogen and oxygen atoms in total. The lowest BCUT2D eigenvalue weighted by atomic mass is 10.1. The number of unbranched alkanes of at least 4 members (excludes halogenated alkanes) is 1. The quantitative estimate of drug-likeness (QED) is 0.730. The van der Waals surface area contributed by atoms with E-state index in [9.17, 15) is 5.11 Å². The summed E-state index contributed by atoms with van der Waals surface area (Å²) in [6, 6.07) is 6.38. The van der Waals surface area contributed by atoms with Crippen molar-refractivity contribution >= 4 is 21.6 Å². The van der Waals surface area contributed by atoms with Crippen molar-refractivity contribution in [3.05, 3.63) is 28.2 Å². The molecule has 0 amide bonds. The van der Waals surface area contributed by atoms with Gasteiger partial charge in [0.2, 0.25) is 0 Å². The van der Waals surface area contributed by atoms with Crippen LogP contribution in [0.25, 0.3) is 0 Å². The zero-order valence-electron chi connectivity index (χ0n) is 12.0. The van der Waals surface area contributed by atoms with E-state index in [1.807, 2.05) is 0 Å². The van der Waals surface area contributed by atoms with Crippen LogP contribution in [-0.4, -0.2) is 31.3 Å². The van der Waals surface area contributed by atoms with Gasteiger partial charge in [0.05, 0.1) is 6.61 Å². The van der Waals surface area contributed by atoms with Crippen LogP contribution in [0.4, 0.5) is 5.69 Å². The summed E-state index contributed by atoms with van der Waals surface area (Å²) in [6.07, 6.45) is 2.31. The Kier molecular flexibility index (Phi) is 8.10. The Morgan fingerprint density at radius 2 is 2.05 bits per heavy atom. The van der Waals surface area contributed by atoms with E-state index in [-0.39, 0.29) is 6.61 Å². The molecule has 0 aliphatic heterocycles. The lowest BCUT2D eigenvalue weighted by Gasteiger charge is -2.27. The predicted molar refractivity (Wildman–Crippen MR) is 85.7 cm³/mol. The van der Waals surface area contributed by atoms with Crippen molar-refractivity contribution in [2.24, 2.45) is 0 Å². The van der Waals surface area contributed by atoms with E-state index in [0.717, 1.165) is 30.5 Å². The van der Waals surface area contributed by atoms with Crippen molar-refractivity contribution in [1.82, 2.24) is 5.32 Å². The molecule has 108 valence electrons. The van der Waals surface area contributed by atoms with Crippen LogP contribution in [0.1, 0.15) is 32.3 Å². The summed E-state index contributed by atoms with van der Waals surface area (Å²) in [7, 11) is 0. The molecule has 19 heavy (non-hydrogen) atoms. The maximum absolute atomic E-state index is 9.26. The summed E-state index contributed by atoms with van der Waals surface area (Å²) >= 11 is 3.54. The molecule has 2 N–H and O–H groups in total. The molecule has 0 saturated carbocycles. The minimum Gasteiger partial charge on any atom is -0.395 e. The van der Waals surface area contributed by atoms with E-state index in [1.54, 1.807) is 0 Å². The van der Waals surface area contributed by atoms with Crippen molar-refractivity contribution in [3.8, 4) is 0 Å². The first-order chi connectivity index (χ1) is 9.22. The fraction of sp³-hybridized carbons (Fsp3) is 0.600. The van der Waals surface area contributed by atoms with Gasteiger partial charge in [-0.3, -0.25) is 0 Å². The van der Waals surface area contributed by atoms with Gasteiger partial charge in [-0.25, -0.2) is 0 Å². The van der Waals surface area contributed by atoms with Gasteiger partial charge < -0.3 is 15.3 Å². The molecule has 0 aliphatic rings. The SMILES string of the molecule is CCCCN(CCO)c1cc(Br)ccc1CNCC. The van der Waals surface area contributed by atoms with Crippen molar-refractivity contribution in [3.63, 3.8) is 0 Å². The lowest BCUT2D eigenvalue weighted by molar-refractivity contribution is 0.301. The molecule has 0 spiro atoms. The smallest absolute Gasteiger partial charge is 0.0606 e. The van der Waals surface area contributed by atoms with Gasteiger partial charge in [-0.05, 0) is 30.7 Å². The summed E-state index contributed by atoms with van der Waals surface area (Å²) in [4.78, 5) is 2.28. The van der Waals surface area contributed by atoms with Crippen LogP contribution in [0, 0.1) is 0 Å². The van der Waals surface area contributed by atoms with E-state index >= 15 is 0 Å². The average molecular weight is 329 g/mol. The molecule has 1 aromatic carbocycles. The zero-order chi connectivity index (χ0) is 14.1. The fourth-order valence-corrected chi connectivity index (χ4v) is 2.41. The molecule has 4 heteroatoms. The normalized spacial score (nSPS) is 10.7. The molecule has 0 fully saturated rings. The number of benzene rings is 1. The van der Waals surface area contributed by atoms with Gasteiger partial charge in [-0.1, -0.05) is 42.3 Å². The first-order valence-corrected chi connectivity index (χ1v) is 7.87. The van der Waals surface area contributed by atoms with Gasteiger partial charge in [-0.2, -0.15) is 0 Å². The largest absolute Gasteiger partial charge is 0.395 e. The van der Waals surface area contributed by atoms with Gasteiger partial charge in [-0.15, -0.1) is 0 Å². The van der Waals surface area contributed by atoms with Crippen molar-refractivity contribution in [2.75, 3.05) is 31.1 Å². The zero-order valence-corrected chi connectivity index (χ0v) is 13.5. The van der Waals surface area contributed by atoms with Gasteiger partial charge in [0, 0.05) is 29.8 Å². The number of aliphatic hydroxyl groups excluding tert-OH is 1. The highest BCUT2D eigenvalue weighted by Crippen LogP contribution is 2.25. The van der Waals surface area contributed by atoms with Crippen LogP contribution >= 0.6 is 15.9 Å². The highest BCUT2D eigenvalue weighted by Gasteiger charge is 2.11. The molecule has 1 aromatic rings. The van der Waals surface area contributed by atoms with Crippen molar-refractivity contribution < 1.29 is 5.11 Å². The first kappa shape index (κ1) is 16.5. The Balaban J connectivity index is 2.93. The minimum atomic E-state index is 0.191. The van der Waals surface area contributed by atoms with Gasteiger partial charge in [0.15, 0.2) is 0 Å². The highest BCUT2D eigenvalue weighted by atomic mass is 79.9. The number of anilines is 1. The molecular formula is C15H25BrN2O. The van der Waals surface area contributed by atoms with E-state index in [0.29, 0.717) is 6.54 Å². The maximum atomic E-state index is 9.26. The third-order valence-corrected chi connectivity index (χ3v) is 3.60. The Labute approximate surface area is 125 Å². The van der Waals surface area contributed by atoms with Crippen LogP contribution in [0.5, 0.6) is 0 Å². The van der Waals surface area contributed by atoms with Crippen LogP contribution in [-0.2, 0) is 6.54 Å². The fourth-order valence-electron chi connectivity index (χ4n) is 2.06. The Morgan fingerprint density at radius 1 is 1.26 bits per heavy atom. The van der Waals surface area contributed by atoms with Gasteiger partial charge >= 0.3 is 0 Å². The number of hydrogen-bond donors (Lipinski definition) is 2. The van der Waals surface area contributed by atoms with Crippen LogP contribution in [0.3, 0.4) is 0 Å². The maximum Gasteiger partial charge on any atom is 0.0606 e. The standard InChI is InChI=1S/C15H25BrN2O/c1-3-5-8-18(9-10-19)15-11-14(16)7-6-13(15)12-17-4-2/h6-7,11,17,19H,3-5,8-10,12H2,1-2H3. The van der Waals surface area contributed by atoms with Crippen molar-refractivity contribution in [2.45, 2.75) is 33.2 Å². The number of nitrogens with zero attached hydrogens (tertiary/aromatic N) is 1. The molecule has 0 heterocycles. The molecule has 0 unspecified atom stereocenters. The summed E-state index contributed by atoms with van der Waals surface area (Å²) in [5.41, 5.74) is 2.51. The van der Waals surface area contributed by atoms with Crippen LogP contribution in [0.2, 0.25) is 0 Å². The topological polar surface area (TPSA) is 35.5 Å². The summed E-state index contributed by atoms with van der Waals surface area (Å²) in [5, 5.41) is 12.6. The summed E-state index contributed by atoms with van der Waals surface area (Å²) in [5.74, 6) is 0.